The van der Waals surface area contributed by atoms with Crippen LogP contribution in [0, 0.1) is 5.92 Å². The van der Waals surface area contributed by atoms with Gasteiger partial charge < -0.3 is 9.47 Å². The number of nitrogens with one attached hydrogen (secondary N) is 1. The second kappa shape index (κ2) is 7.62. The molecule has 1 aromatic rings. The van der Waals surface area contributed by atoms with Gasteiger partial charge in [0.1, 0.15) is 0 Å². The van der Waals surface area contributed by atoms with Crippen molar-refractivity contribution in [1.82, 2.24) is 4.72 Å². The lowest BCUT2D eigenvalue weighted by Crippen LogP contribution is -2.38. The standard InChI is InChI=1S/C15H18BrNO6S/c1-22-14(18)8-13(9-3-4-9)17-24(20,21)10-5-6-12(16)11(7-10)15(19)23-2/h5-7,9,13,17H,3-4,8H2,1-2H3/t13-/m1/s1. The van der Waals surface area contributed by atoms with Crippen molar-refractivity contribution in [2.45, 2.75) is 30.2 Å². The van der Waals surface area contributed by atoms with Gasteiger partial charge in [0, 0.05) is 10.5 Å². The van der Waals surface area contributed by atoms with Crippen molar-refractivity contribution in [3.05, 3.63) is 28.2 Å². The first kappa shape index (κ1) is 18.9. The first-order valence-corrected chi connectivity index (χ1v) is 9.53. The molecule has 0 unspecified atom stereocenters. The predicted molar refractivity (Wildman–Crippen MR) is 88.9 cm³/mol. The summed E-state index contributed by atoms with van der Waals surface area (Å²) in [5.74, 6) is -0.998. The average Bonchev–Trinajstić information content (AvgIpc) is 3.38. The molecule has 9 heteroatoms. The molecule has 2 rings (SSSR count). The number of ether oxygens (including phenoxy) is 2. The Bertz CT molecular complexity index is 744. The van der Waals surface area contributed by atoms with Gasteiger partial charge in [-0.05, 0) is 52.9 Å². The van der Waals surface area contributed by atoms with Crippen LogP contribution in [-0.4, -0.2) is 40.6 Å². The van der Waals surface area contributed by atoms with E-state index in [1.807, 2.05) is 0 Å². The first-order valence-electron chi connectivity index (χ1n) is 7.25. The normalized spacial score (nSPS) is 15.6. The Morgan fingerprint density at radius 3 is 2.50 bits per heavy atom. The highest BCUT2D eigenvalue weighted by atomic mass is 79.9. The Kier molecular flexibility index (Phi) is 6.00. The van der Waals surface area contributed by atoms with Gasteiger partial charge in [-0.3, -0.25) is 4.79 Å². The fourth-order valence-corrected chi connectivity index (χ4v) is 4.01. The van der Waals surface area contributed by atoms with Crippen LogP contribution in [0.5, 0.6) is 0 Å². The molecule has 0 aromatic heterocycles. The lowest BCUT2D eigenvalue weighted by molar-refractivity contribution is -0.141. The maximum absolute atomic E-state index is 12.6. The molecule has 0 aliphatic heterocycles. The van der Waals surface area contributed by atoms with Gasteiger partial charge in [-0.25, -0.2) is 17.9 Å². The van der Waals surface area contributed by atoms with Crippen LogP contribution >= 0.6 is 15.9 Å². The van der Waals surface area contributed by atoms with Crippen LogP contribution in [0.1, 0.15) is 29.6 Å². The Morgan fingerprint density at radius 1 is 1.29 bits per heavy atom. The molecule has 0 heterocycles. The topological polar surface area (TPSA) is 98.8 Å². The van der Waals surface area contributed by atoms with Crippen LogP contribution < -0.4 is 4.72 Å². The van der Waals surface area contributed by atoms with Gasteiger partial charge in [-0.15, -0.1) is 0 Å². The van der Waals surface area contributed by atoms with Crippen molar-refractivity contribution in [3.63, 3.8) is 0 Å². The third kappa shape index (κ3) is 4.55. The highest BCUT2D eigenvalue weighted by Gasteiger charge is 2.36. The second-order valence-corrected chi connectivity index (χ2v) is 8.05. The monoisotopic (exact) mass is 419 g/mol. The minimum absolute atomic E-state index is 0.0270. The number of methoxy groups -OCH3 is 2. The molecule has 1 aromatic carbocycles. The molecule has 1 aliphatic rings. The van der Waals surface area contributed by atoms with Gasteiger partial charge in [0.05, 0.1) is 31.1 Å². The van der Waals surface area contributed by atoms with Gasteiger partial charge in [-0.2, -0.15) is 0 Å². The number of esters is 2. The number of benzene rings is 1. The molecule has 0 amide bonds. The van der Waals surface area contributed by atoms with E-state index in [1.54, 1.807) is 0 Å². The zero-order valence-corrected chi connectivity index (χ0v) is 15.6. The van der Waals surface area contributed by atoms with Crippen molar-refractivity contribution in [2.75, 3.05) is 14.2 Å². The number of carbonyl (C=O) groups excluding carboxylic acids is 2. The molecular formula is C15H18BrNO6S. The van der Waals surface area contributed by atoms with Gasteiger partial charge >= 0.3 is 11.9 Å². The number of rotatable bonds is 7. The summed E-state index contributed by atoms with van der Waals surface area (Å²) in [6.45, 7) is 0. The average molecular weight is 420 g/mol. The Labute approximate surface area is 148 Å². The zero-order chi connectivity index (χ0) is 17.9. The van der Waals surface area contributed by atoms with E-state index in [2.05, 4.69) is 30.1 Å². The third-order valence-electron chi connectivity index (χ3n) is 3.77. The third-order valence-corrected chi connectivity index (χ3v) is 5.94. The van der Waals surface area contributed by atoms with Crippen LogP contribution in [-0.2, 0) is 24.3 Å². The van der Waals surface area contributed by atoms with Crippen molar-refractivity contribution in [1.29, 1.82) is 0 Å². The predicted octanol–water partition coefficient (Wildman–Crippen LogP) is 1.86. The van der Waals surface area contributed by atoms with Gasteiger partial charge in [0.2, 0.25) is 10.0 Å². The largest absolute Gasteiger partial charge is 0.469 e. The lowest BCUT2D eigenvalue weighted by Gasteiger charge is -2.17. The van der Waals surface area contributed by atoms with Crippen molar-refractivity contribution >= 4 is 37.9 Å². The summed E-state index contributed by atoms with van der Waals surface area (Å²) in [5.41, 5.74) is 0.108. The molecule has 1 atom stereocenters. The van der Waals surface area contributed by atoms with E-state index in [1.165, 1.54) is 32.4 Å². The maximum Gasteiger partial charge on any atom is 0.339 e. The van der Waals surface area contributed by atoms with Crippen molar-refractivity contribution in [3.8, 4) is 0 Å². The summed E-state index contributed by atoms with van der Waals surface area (Å²) in [6.07, 6.45) is 1.69. The summed E-state index contributed by atoms with van der Waals surface area (Å²) < 4.78 is 37.4. The quantitative estimate of drug-likeness (QED) is 0.677. The maximum atomic E-state index is 12.6. The highest BCUT2D eigenvalue weighted by molar-refractivity contribution is 9.10. The van der Waals surface area contributed by atoms with Gasteiger partial charge in [-0.1, -0.05) is 0 Å². The molecule has 7 nitrogen and oxygen atoms in total. The van der Waals surface area contributed by atoms with E-state index >= 15 is 0 Å². The minimum atomic E-state index is -3.89. The summed E-state index contributed by atoms with van der Waals surface area (Å²) in [5, 5.41) is 0. The fourth-order valence-electron chi connectivity index (χ4n) is 2.27. The number of halogens is 1. The van der Waals surface area contributed by atoms with E-state index in [4.69, 9.17) is 0 Å². The van der Waals surface area contributed by atoms with Gasteiger partial charge in [0.15, 0.2) is 0 Å². The second-order valence-electron chi connectivity index (χ2n) is 5.48. The van der Waals surface area contributed by atoms with Crippen LogP contribution in [0.4, 0.5) is 0 Å². The number of hydrogen-bond acceptors (Lipinski definition) is 6. The van der Waals surface area contributed by atoms with E-state index in [0.717, 1.165) is 12.8 Å². The SMILES string of the molecule is COC(=O)C[C@@H](NS(=O)(=O)c1ccc(Br)c(C(=O)OC)c1)C1CC1. The van der Waals surface area contributed by atoms with E-state index in [9.17, 15) is 18.0 Å². The molecule has 0 radical (unpaired) electrons. The van der Waals surface area contributed by atoms with Crippen LogP contribution in [0.2, 0.25) is 0 Å². The Balaban J connectivity index is 2.25. The molecule has 132 valence electrons. The van der Waals surface area contributed by atoms with E-state index < -0.39 is 28.0 Å². The summed E-state index contributed by atoms with van der Waals surface area (Å²) in [6, 6.07) is 3.56. The highest BCUT2D eigenvalue weighted by Crippen LogP contribution is 2.35. The summed E-state index contributed by atoms with van der Waals surface area (Å²) in [7, 11) is -1.41. The zero-order valence-electron chi connectivity index (χ0n) is 13.2. The Morgan fingerprint density at radius 2 is 1.96 bits per heavy atom. The van der Waals surface area contributed by atoms with Gasteiger partial charge in [0.25, 0.3) is 0 Å². The minimum Gasteiger partial charge on any atom is -0.469 e. The van der Waals surface area contributed by atoms with Crippen LogP contribution in [0.3, 0.4) is 0 Å². The van der Waals surface area contributed by atoms with E-state index in [-0.39, 0.29) is 22.8 Å². The smallest absolute Gasteiger partial charge is 0.339 e. The molecule has 1 saturated carbocycles. The van der Waals surface area contributed by atoms with Crippen molar-refractivity contribution < 1.29 is 27.5 Å². The van der Waals surface area contributed by atoms with Crippen molar-refractivity contribution in [2.24, 2.45) is 5.92 Å². The first-order chi connectivity index (χ1) is 11.3. The lowest BCUT2D eigenvalue weighted by atomic mass is 10.1. The number of sulfonamides is 1. The molecule has 0 spiro atoms. The molecule has 0 bridgehead atoms. The molecule has 24 heavy (non-hydrogen) atoms. The fraction of sp³-hybridized carbons (Fsp3) is 0.467. The van der Waals surface area contributed by atoms with Crippen LogP contribution in [0.25, 0.3) is 0 Å². The molecule has 1 fully saturated rings. The Hall–Kier alpha value is -1.45. The van der Waals surface area contributed by atoms with Crippen LogP contribution in [0.15, 0.2) is 27.6 Å². The molecule has 1 aliphatic carbocycles. The number of hydrogen-bond donors (Lipinski definition) is 1. The van der Waals surface area contributed by atoms with E-state index in [0.29, 0.717) is 4.47 Å². The molecular weight excluding hydrogens is 402 g/mol. The molecule has 1 N–H and O–H groups in total. The summed E-state index contributed by atoms with van der Waals surface area (Å²) >= 11 is 3.19. The summed E-state index contributed by atoms with van der Waals surface area (Å²) in [4.78, 5) is 23.1. The molecule has 0 saturated heterocycles. The number of carbonyl (C=O) groups is 2.